The Balaban J connectivity index is 1.66. The summed E-state index contributed by atoms with van der Waals surface area (Å²) in [5, 5.41) is 0. The predicted octanol–water partition coefficient (Wildman–Crippen LogP) is 3.33. The second kappa shape index (κ2) is 7.17. The van der Waals surface area contributed by atoms with Crippen molar-refractivity contribution in [1.82, 2.24) is 4.90 Å². The summed E-state index contributed by atoms with van der Waals surface area (Å²) in [5.41, 5.74) is 3.39. The summed E-state index contributed by atoms with van der Waals surface area (Å²) in [6.07, 6.45) is 2.21. The smallest absolute Gasteiger partial charge is 0.254 e. The molecule has 5 nitrogen and oxygen atoms in total. The summed E-state index contributed by atoms with van der Waals surface area (Å²) >= 11 is 0. The maximum absolute atomic E-state index is 13.2. The second-order valence-corrected chi connectivity index (χ2v) is 9.77. The number of nitrogens with zero attached hydrogens (tertiary/aromatic N) is 1. The molecular weight excluding hydrogens is 374 g/mol. The first kappa shape index (κ1) is 18.9. The zero-order valence-corrected chi connectivity index (χ0v) is 16.7. The third-order valence-electron chi connectivity index (χ3n) is 5.64. The molecule has 0 N–H and O–H groups in total. The maximum atomic E-state index is 13.2. The predicted molar refractivity (Wildman–Crippen MR) is 108 cm³/mol. The summed E-state index contributed by atoms with van der Waals surface area (Å²) < 4.78 is 23.8. The number of carbonyl (C=O) groups excluding carboxylic acids is 2. The topological polar surface area (TPSA) is 71.5 Å². The van der Waals surface area contributed by atoms with Crippen LogP contribution in [0.3, 0.4) is 0 Å². The molecular formula is C22H23NO4S. The van der Waals surface area contributed by atoms with Gasteiger partial charge in [-0.25, -0.2) is 8.42 Å². The highest BCUT2D eigenvalue weighted by molar-refractivity contribution is 7.91. The van der Waals surface area contributed by atoms with Gasteiger partial charge in [-0.1, -0.05) is 43.7 Å². The van der Waals surface area contributed by atoms with E-state index in [0.717, 1.165) is 24.0 Å². The van der Waals surface area contributed by atoms with Crippen molar-refractivity contribution in [2.24, 2.45) is 0 Å². The fraction of sp³-hybridized carbons (Fsp3) is 0.364. The van der Waals surface area contributed by atoms with Crippen molar-refractivity contribution in [2.45, 2.75) is 32.2 Å². The number of hydrogen-bond donors (Lipinski definition) is 0. The summed E-state index contributed by atoms with van der Waals surface area (Å²) in [5.74, 6) is -0.102. The molecule has 6 heteroatoms. The van der Waals surface area contributed by atoms with Gasteiger partial charge in [0, 0.05) is 29.3 Å². The molecule has 4 rings (SSSR count). The Morgan fingerprint density at radius 3 is 2.46 bits per heavy atom. The first-order valence-corrected chi connectivity index (χ1v) is 11.5. The van der Waals surface area contributed by atoms with Crippen LogP contribution in [0.25, 0.3) is 11.1 Å². The minimum atomic E-state index is -3.08. The lowest BCUT2D eigenvalue weighted by Crippen LogP contribution is -2.41. The number of carbonyl (C=O) groups is 2. The van der Waals surface area contributed by atoms with Crippen molar-refractivity contribution in [2.75, 3.05) is 18.1 Å². The standard InChI is InChI=1S/C22H23NO4S/c1-2-3-11-23(16-10-12-28(26,27)14-16)22(25)15-8-9-18-17-6-4-5-7-19(17)21(24)20(18)13-15/h4-9,13,16H,2-3,10-12,14H2,1H3. The lowest BCUT2D eigenvalue weighted by Gasteiger charge is -2.28. The van der Waals surface area contributed by atoms with Gasteiger partial charge in [-0.2, -0.15) is 0 Å². The molecule has 0 bridgehead atoms. The lowest BCUT2D eigenvalue weighted by molar-refractivity contribution is 0.0694. The highest BCUT2D eigenvalue weighted by atomic mass is 32.2. The van der Waals surface area contributed by atoms with Crippen LogP contribution in [0.2, 0.25) is 0 Å². The van der Waals surface area contributed by atoms with E-state index in [1.54, 1.807) is 23.1 Å². The van der Waals surface area contributed by atoms with Gasteiger partial charge in [0.1, 0.15) is 0 Å². The molecule has 1 amide bonds. The van der Waals surface area contributed by atoms with Crippen molar-refractivity contribution < 1.29 is 18.0 Å². The van der Waals surface area contributed by atoms with Crippen molar-refractivity contribution in [3.63, 3.8) is 0 Å². The highest BCUT2D eigenvalue weighted by Crippen LogP contribution is 2.37. The van der Waals surface area contributed by atoms with E-state index in [0.29, 0.717) is 29.7 Å². The molecule has 1 atom stereocenters. The third-order valence-corrected chi connectivity index (χ3v) is 7.39. The Morgan fingerprint density at radius 2 is 1.79 bits per heavy atom. The number of benzene rings is 2. The minimum absolute atomic E-state index is 0.0256. The minimum Gasteiger partial charge on any atom is -0.335 e. The Labute approximate surface area is 165 Å². The molecule has 0 radical (unpaired) electrons. The summed E-state index contributed by atoms with van der Waals surface area (Å²) in [4.78, 5) is 27.7. The first-order chi connectivity index (χ1) is 13.4. The van der Waals surface area contributed by atoms with E-state index in [2.05, 4.69) is 0 Å². The number of unbranched alkanes of at least 4 members (excludes halogenated alkanes) is 1. The molecule has 1 fully saturated rings. The average molecular weight is 397 g/mol. The number of sulfone groups is 1. The van der Waals surface area contributed by atoms with Crippen molar-refractivity contribution in [1.29, 1.82) is 0 Å². The Kier molecular flexibility index (Phi) is 4.83. The molecule has 28 heavy (non-hydrogen) atoms. The lowest BCUT2D eigenvalue weighted by atomic mass is 10.0. The fourth-order valence-corrected chi connectivity index (χ4v) is 5.86. The van der Waals surface area contributed by atoms with Gasteiger partial charge >= 0.3 is 0 Å². The normalized spacial score (nSPS) is 19.3. The molecule has 0 saturated carbocycles. The Hall–Kier alpha value is -2.47. The number of amides is 1. The summed E-state index contributed by atoms with van der Waals surface area (Å²) in [6.45, 7) is 2.57. The molecule has 146 valence electrons. The summed E-state index contributed by atoms with van der Waals surface area (Å²) in [6, 6.07) is 12.4. The van der Waals surface area contributed by atoms with Crippen LogP contribution < -0.4 is 0 Å². The third kappa shape index (κ3) is 3.26. The monoisotopic (exact) mass is 397 g/mol. The highest BCUT2D eigenvalue weighted by Gasteiger charge is 2.35. The van der Waals surface area contributed by atoms with Crippen LogP contribution in [0.15, 0.2) is 42.5 Å². The van der Waals surface area contributed by atoms with Gasteiger partial charge in [0.15, 0.2) is 15.6 Å². The zero-order valence-electron chi connectivity index (χ0n) is 15.8. The van der Waals surface area contributed by atoms with Crippen molar-refractivity contribution >= 4 is 21.5 Å². The van der Waals surface area contributed by atoms with Crippen molar-refractivity contribution in [3.05, 3.63) is 59.2 Å². The van der Waals surface area contributed by atoms with Gasteiger partial charge in [-0.15, -0.1) is 0 Å². The average Bonchev–Trinajstić information content (AvgIpc) is 3.19. The van der Waals surface area contributed by atoms with Gasteiger partial charge in [0.25, 0.3) is 5.91 Å². The van der Waals surface area contributed by atoms with Crippen LogP contribution >= 0.6 is 0 Å². The Bertz CT molecular complexity index is 1060. The van der Waals surface area contributed by atoms with E-state index >= 15 is 0 Å². The second-order valence-electron chi connectivity index (χ2n) is 7.54. The largest absolute Gasteiger partial charge is 0.335 e. The van der Waals surface area contributed by atoms with Crippen LogP contribution in [0.5, 0.6) is 0 Å². The number of hydrogen-bond acceptors (Lipinski definition) is 4. The quantitative estimate of drug-likeness (QED) is 0.662. The van der Waals surface area contributed by atoms with Gasteiger partial charge in [-0.3, -0.25) is 9.59 Å². The molecule has 2 aromatic carbocycles. The maximum Gasteiger partial charge on any atom is 0.254 e. The Morgan fingerprint density at radius 1 is 1.07 bits per heavy atom. The van der Waals surface area contributed by atoms with Gasteiger partial charge in [0.05, 0.1) is 11.5 Å². The molecule has 2 aliphatic rings. The number of ketones is 1. The van der Waals surface area contributed by atoms with Crippen LogP contribution in [0.1, 0.15) is 52.5 Å². The number of rotatable bonds is 5. The van der Waals surface area contributed by atoms with E-state index in [9.17, 15) is 18.0 Å². The van der Waals surface area contributed by atoms with Gasteiger partial charge in [0.2, 0.25) is 0 Å². The first-order valence-electron chi connectivity index (χ1n) is 9.71. The van der Waals surface area contributed by atoms with Crippen molar-refractivity contribution in [3.8, 4) is 11.1 Å². The van der Waals surface area contributed by atoms with Crippen LogP contribution in [0.4, 0.5) is 0 Å². The fourth-order valence-electron chi connectivity index (χ4n) is 4.13. The van der Waals surface area contributed by atoms with E-state index in [4.69, 9.17) is 0 Å². The summed E-state index contributed by atoms with van der Waals surface area (Å²) in [7, 11) is -3.08. The molecule has 0 spiro atoms. The molecule has 1 saturated heterocycles. The van der Waals surface area contributed by atoms with E-state index in [1.165, 1.54) is 0 Å². The molecule has 1 aliphatic carbocycles. The van der Waals surface area contributed by atoms with Gasteiger partial charge in [-0.05, 0) is 36.1 Å². The molecule has 0 aromatic heterocycles. The van der Waals surface area contributed by atoms with E-state index in [-0.39, 0.29) is 29.2 Å². The molecule has 1 unspecified atom stereocenters. The van der Waals surface area contributed by atoms with Crippen LogP contribution in [0, 0.1) is 0 Å². The molecule has 1 heterocycles. The van der Waals surface area contributed by atoms with Crippen LogP contribution in [-0.2, 0) is 9.84 Å². The molecule has 2 aromatic rings. The molecule has 1 aliphatic heterocycles. The van der Waals surface area contributed by atoms with E-state index in [1.807, 2.05) is 31.2 Å². The van der Waals surface area contributed by atoms with Crippen LogP contribution in [-0.4, -0.2) is 49.1 Å². The van der Waals surface area contributed by atoms with E-state index < -0.39 is 9.84 Å². The number of fused-ring (bicyclic) bond motifs is 3. The SMILES string of the molecule is CCCCN(C(=O)c1ccc2c(c1)C(=O)c1ccccc1-2)C1CCS(=O)(=O)C1. The van der Waals surface area contributed by atoms with Gasteiger partial charge < -0.3 is 4.90 Å². The zero-order chi connectivity index (χ0) is 19.9.